The van der Waals surface area contributed by atoms with Gasteiger partial charge in [0.25, 0.3) is 0 Å². The number of fused-ring (bicyclic) bond motifs is 1. The van der Waals surface area contributed by atoms with Crippen LogP contribution in [0.1, 0.15) is 43.6 Å². The number of aromatic nitrogens is 3. The SMILES string of the molecule is CC(=O)Nc1cc(-c2cnc([C@@H]3CCC4CC(c5c(N)ccc(Cl)c5F)=CC(=O)N43)[nH]2)ccn1. The molecule has 3 aromatic rings. The number of benzene rings is 1. The Bertz CT molecular complexity index is 1340. The van der Waals surface area contributed by atoms with Gasteiger partial charge in [-0.2, -0.15) is 0 Å². The molecule has 2 aliphatic heterocycles. The zero-order valence-corrected chi connectivity index (χ0v) is 19.1. The van der Waals surface area contributed by atoms with Gasteiger partial charge in [0.2, 0.25) is 11.8 Å². The first-order chi connectivity index (χ1) is 16.3. The number of halogens is 2. The number of nitrogens with zero attached hydrogens (tertiary/aromatic N) is 3. The van der Waals surface area contributed by atoms with Gasteiger partial charge in [0.05, 0.1) is 23.0 Å². The number of aromatic amines is 1. The molecule has 2 atom stereocenters. The minimum absolute atomic E-state index is 0.0230. The highest BCUT2D eigenvalue weighted by Gasteiger charge is 2.42. The number of amides is 2. The molecule has 2 amide bonds. The molecule has 10 heteroatoms. The number of H-pyrrole nitrogens is 1. The molecule has 174 valence electrons. The minimum atomic E-state index is -0.602. The fourth-order valence-corrected chi connectivity index (χ4v) is 4.94. The summed E-state index contributed by atoms with van der Waals surface area (Å²) >= 11 is 5.95. The Kier molecular flexibility index (Phi) is 5.57. The average molecular weight is 481 g/mol. The van der Waals surface area contributed by atoms with Crippen molar-refractivity contribution in [2.75, 3.05) is 11.1 Å². The lowest BCUT2D eigenvalue weighted by Crippen LogP contribution is -2.39. The van der Waals surface area contributed by atoms with E-state index in [4.69, 9.17) is 17.3 Å². The first-order valence-corrected chi connectivity index (χ1v) is 11.2. The second-order valence-corrected chi connectivity index (χ2v) is 8.89. The summed E-state index contributed by atoms with van der Waals surface area (Å²) in [4.78, 5) is 38.2. The summed E-state index contributed by atoms with van der Waals surface area (Å²) in [7, 11) is 0. The smallest absolute Gasteiger partial charge is 0.247 e. The van der Waals surface area contributed by atoms with E-state index < -0.39 is 5.82 Å². The monoisotopic (exact) mass is 480 g/mol. The van der Waals surface area contributed by atoms with E-state index in [2.05, 4.69) is 20.3 Å². The number of carbonyl (C=O) groups excluding carboxylic acids is 2. The fraction of sp³-hybridized carbons (Fsp3) is 0.250. The van der Waals surface area contributed by atoms with Crippen LogP contribution >= 0.6 is 11.6 Å². The van der Waals surface area contributed by atoms with Crippen molar-refractivity contribution >= 4 is 40.5 Å². The average Bonchev–Trinajstić information content (AvgIpc) is 3.44. The maximum atomic E-state index is 14.7. The van der Waals surface area contributed by atoms with Crippen LogP contribution in [-0.4, -0.2) is 37.7 Å². The highest BCUT2D eigenvalue weighted by molar-refractivity contribution is 6.31. The second kappa shape index (κ2) is 8.57. The lowest BCUT2D eigenvalue weighted by molar-refractivity contribution is -0.129. The Morgan fingerprint density at radius 1 is 1.29 bits per heavy atom. The number of nitrogen functional groups attached to an aromatic ring is 1. The number of nitrogens with two attached hydrogens (primary N) is 1. The molecule has 1 aromatic carbocycles. The van der Waals surface area contributed by atoms with E-state index in [0.29, 0.717) is 23.6 Å². The van der Waals surface area contributed by atoms with E-state index in [1.165, 1.54) is 19.1 Å². The maximum Gasteiger partial charge on any atom is 0.247 e. The second-order valence-electron chi connectivity index (χ2n) is 8.48. The standard InChI is InChI=1S/C24H22ClFN6O2/c1-12(33)30-20-9-13(6-7-28-20)18-11-29-24(31-18)19-5-2-15-8-14(10-21(34)32(15)19)22-17(27)4-3-16(25)23(22)26/h3-4,6-7,9-11,15,19H,2,5,8,27H2,1H3,(H,29,31)(H,28,30,33)/t15?,19-/m0/s1. The summed E-state index contributed by atoms with van der Waals surface area (Å²) < 4.78 is 14.7. The molecule has 2 aromatic heterocycles. The van der Waals surface area contributed by atoms with Crippen molar-refractivity contribution in [3.8, 4) is 11.3 Å². The van der Waals surface area contributed by atoms with Crippen LogP contribution in [0.25, 0.3) is 16.8 Å². The lowest BCUT2D eigenvalue weighted by Gasteiger charge is -2.33. The number of nitrogens with one attached hydrogen (secondary N) is 2. The zero-order chi connectivity index (χ0) is 24.0. The zero-order valence-electron chi connectivity index (χ0n) is 18.3. The quantitative estimate of drug-likeness (QED) is 0.480. The highest BCUT2D eigenvalue weighted by atomic mass is 35.5. The van der Waals surface area contributed by atoms with Crippen molar-refractivity contribution in [3.63, 3.8) is 0 Å². The van der Waals surface area contributed by atoms with Crippen LogP contribution < -0.4 is 11.1 Å². The largest absolute Gasteiger partial charge is 0.398 e. The Hall–Kier alpha value is -3.72. The predicted molar refractivity (Wildman–Crippen MR) is 127 cm³/mol. The molecule has 2 aliphatic rings. The molecule has 0 saturated carbocycles. The molecule has 34 heavy (non-hydrogen) atoms. The molecule has 1 fully saturated rings. The number of rotatable bonds is 4. The molecule has 1 unspecified atom stereocenters. The van der Waals surface area contributed by atoms with Gasteiger partial charge >= 0.3 is 0 Å². The van der Waals surface area contributed by atoms with Gasteiger partial charge in [-0.25, -0.2) is 14.4 Å². The Morgan fingerprint density at radius 3 is 2.91 bits per heavy atom. The normalized spacial score (nSPS) is 19.7. The maximum absolute atomic E-state index is 14.7. The topological polar surface area (TPSA) is 117 Å². The molecule has 1 saturated heterocycles. The van der Waals surface area contributed by atoms with Crippen LogP contribution in [0.5, 0.6) is 0 Å². The number of anilines is 2. The van der Waals surface area contributed by atoms with Crippen molar-refractivity contribution in [1.29, 1.82) is 0 Å². The van der Waals surface area contributed by atoms with Crippen LogP contribution in [0.3, 0.4) is 0 Å². The predicted octanol–water partition coefficient (Wildman–Crippen LogP) is 4.32. The lowest BCUT2D eigenvalue weighted by atomic mass is 9.92. The molecular formula is C24H22ClFN6O2. The fourth-order valence-electron chi connectivity index (χ4n) is 4.79. The highest BCUT2D eigenvalue weighted by Crippen LogP contribution is 2.44. The molecule has 4 N–H and O–H groups in total. The number of pyridine rings is 1. The van der Waals surface area contributed by atoms with Gasteiger partial charge in [-0.1, -0.05) is 11.6 Å². The van der Waals surface area contributed by atoms with Gasteiger partial charge in [0, 0.05) is 42.1 Å². The summed E-state index contributed by atoms with van der Waals surface area (Å²) in [5.41, 5.74) is 8.60. The summed E-state index contributed by atoms with van der Waals surface area (Å²) in [6.07, 6.45) is 6.73. The third kappa shape index (κ3) is 3.92. The molecule has 0 spiro atoms. The van der Waals surface area contributed by atoms with Gasteiger partial charge < -0.3 is 20.9 Å². The van der Waals surface area contributed by atoms with Crippen LogP contribution in [0, 0.1) is 5.82 Å². The number of imidazole rings is 1. The first-order valence-electron chi connectivity index (χ1n) is 10.9. The summed E-state index contributed by atoms with van der Waals surface area (Å²) in [5.74, 6) is 0.104. The van der Waals surface area contributed by atoms with Crippen LogP contribution in [0.15, 0.2) is 42.7 Å². The third-order valence-electron chi connectivity index (χ3n) is 6.24. The van der Waals surface area contributed by atoms with E-state index >= 15 is 0 Å². The van der Waals surface area contributed by atoms with E-state index in [0.717, 1.165) is 24.1 Å². The van der Waals surface area contributed by atoms with Gasteiger partial charge in [0.15, 0.2) is 5.82 Å². The Balaban J connectivity index is 1.41. The van der Waals surface area contributed by atoms with Gasteiger partial charge in [0.1, 0.15) is 11.6 Å². The van der Waals surface area contributed by atoms with Crippen molar-refractivity contribution in [3.05, 3.63) is 65.0 Å². The van der Waals surface area contributed by atoms with Gasteiger partial charge in [-0.15, -0.1) is 0 Å². The van der Waals surface area contributed by atoms with E-state index in [1.54, 1.807) is 29.4 Å². The Morgan fingerprint density at radius 2 is 2.12 bits per heavy atom. The van der Waals surface area contributed by atoms with Crippen LogP contribution in [0.4, 0.5) is 15.9 Å². The van der Waals surface area contributed by atoms with Gasteiger partial charge in [-0.3, -0.25) is 9.59 Å². The molecule has 0 radical (unpaired) electrons. The summed E-state index contributed by atoms with van der Waals surface area (Å²) in [5, 5.41) is 2.64. The molecule has 5 rings (SSSR count). The van der Waals surface area contributed by atoms with E-state index in [-0.39, 0.29) is 40.2 Å². The van der Waals surface area contributed by atoms with Gasteiger partial charge in [-0.05, 0) is 49.1 Å². The summed E-state index contributed by atoms with van der Waals surface area (Å²) in [6, 6.07) is 6.22. The minimum Gasteiger partial charge on any atom is -0.398 e. The number of carbonyl (C=O) groups is 2. The van der Waals surface area contributed by atoms with Crippen molar-refractivity contribution in [1.82, 2.24) is 19.9 Å². The molecule has 0 bridgehead atoms. The van der Waals surface area contributed by atoms with Crippen LogP contribution in [0.2, 0.25) is 5.02 Å². The van der Waals surface area contributed by atoms with Crippen LogP contribution in [-0.2, 0) is 9.59 Å². The molecule has 8 nitrogen and oxygen atoms in total. The third-order valence-corrected chi connectivity index (χ3v) is 6.54. The molecule has 0 aliphatic carbocycles. The first kappa shape index (κ1) is 22.1. The summed E-state index contributed by atoms with van der Waals surface area (Å²) in [6.45, 7) is 1.42. The number of hydrogen-bond donors (Lipinski definition) is 3. The van der Waals surface area contributed by atoms with E-state index in [9.17, 15) is 14.0 Å². The van der Waals surface area contributed by atoms with Crippen molar-refractivity contribution in [2.45, 2.75) is 38.3 Å². The molecule has 4 heterocycles. The molecular weight excluding hydrogens is 459 g/mol. The van der Waals surface area contributed by atoms with Crippen molar-refractivity contribution < 1.29 is 14.0 Å². The number of hydrogen-bond acceptors (Lipinski definition) is 5. The Labute approximate surface area is 200 Å². The van der Waals surface area contributed by atoms with E-state index in [1.807, 2.05) is 6.07 Å². The van der Waals surface area contributed by atoms with Crippen molar-refractivity contribution in [2.24, 2.45) is 0 Å².